The van der Waals surface area contributed by atoms with Crippen LogP contribution in [0.15, 0.2) is 0 Å². The highest BCUT2D eigenvalue weighted by atomic mass is 16.3. The first kappa shape index (κ1) is 48.4. The third-order valence-electron chi connectivity index (χ3n) is 13.2. The van der Waals surface area contributed by atoms with Gasteiger partial charge in [0.25, 0.3) is 0 Å². The van der Waals surface area contributed by atoms with Crippen molar-refractivity contribution in [2.75, 3.05) is 19.6 Å². The Kier molecular flexibility index (Phi) is 17.3. The van der Waals surface area contributed by atoms with Crippen molar-refractivity contribution in [1.29, 1.82) is 0 Å². The molecule has 4 aliphatic rings. The molecule has 4 heterocycles. The predicted octanol–water partition coefficient (Wildman–Crippen LogP) is 0.962. The molecule has 0 bridgehead atoms. The van der Waals surface area contributed by atoms with E-state index >= 15 is 0 Å². The summed E-state index contributed by atoms with van der Waals surface area (Å²) in [5, 5.41) is 25.1. The van der Waals surface area contributed by atoms with Crippen molar-refractivity contribution in [3.8, 4) is 0 Å². The molecule has 0 spiro atoms. The van der Waals surface area contributed by atoms with E-state index < -0.39 is 102 Å². The summed E-state index contributed by atoms with van der Waals surface area (Å²) in [4.78, 5) is 118. The topological polar surface area (TPSA) is 227 Å². The van der Waals surface area contributed by atoms with Crippen molar-refractivity contribution in [3.05, 3.63) is 0 Å². The summed E-state index contributed by atoms with van der Waals surface area (Å²) in [6.45, 7) is 17.0. The molecule has 60 heavy (non-hydrogen) atoms. The Bertz CT molecular complexity index is 1590. The molecule has 17 nitrogen and oxygen atoms in total. The monoisotopic (exact) mass is 845 g/mol. The number of hydrogen-bond acceptors (Lipinski definition) is 9. The maximum atomic E-state index is 14.4. The minimum absolute atomic E-state index is 0.0319. The molecule has 4 saturated heterocycles. The van der Waals surface area contributed by atoms with Crippen LogP contribution in [0.4, 0.5) is 0 Å². The Morgan fingerprint density at radius 1 is 0.483 bits per heavy atom. The van der Waals surface area contributed by atoms with E-state index in [4.69, 9.17) is 0 Å². The minimum Gasteiger partial charge on any atom is -0.391 e. The van der Waals surface area contributed by atoms with Crippen molar-refractivity contribution in [1.82, 2.24) is 41.3 Å². The first-order valence-electron chi connectivity index (χ1n) is 22.5. The van der Waals surface area contributed by atoms with E-state index in [-0.39, 0.29) is 56.1 Å². The van der Waals surface area contributed by atoms with Crippen LogP contribution in [0.25, 0.3) is 0 Å². The van der Waals surface area contributed by atoms with Gasteiger partial charge in [0.1, 0.15) is 48.3 Å². The number of fused-ring (bicyclic) bond motifs is 3. The summed E-state index contributed by atoms with van der Waals surface area (Å²) in [6.07, 6.45) is 2.85. The highest BCUT2D eigenvalue weighted by molar-refractivity contribution is 5.99. The Balaban J connectivity index is 1.79. The van der Waals surface area contributed by atoms with Crippen LogP contribution in [0.1, 0.15) is 127 Å². The largest absolute Gasteiger partial charge is 0.391 e. The lowest BCUT2D eigenvalue weighted by molar-refractivity contribution is -0.149. The van der Waals surface area contributed by atoms with E-state index in [1.54, 1.807) is 6.92 Å². The van der Waals surface area contributed by atoms with Gasteiger partial charge in [0, 0.05) is 19.6 Å². The fraction of sp³-hybridized carbons (Fsp3) is 0.814. The summed E-state index contributed by atoms with van der Waals surface area (Å²) in [7, 11) is 0. The number of aliphatic hydroxyl groups excluding tert-OH is 1. The van der Waals surface area contributed by atoms with Gasteiger partial charge in [-0.2, -0.15) is 0 Å². The molecule has 0 aromatic carbocycles. The lowest BCUT2D eigenvalue weighted by Crippen LogP contribution is -2.63. The first-order chi connectivity index (χ1) is 28.4. The molecule has 4 fully saturated rings. The van der Waals surface area contributed by atoms with Crippen molar-refractivity contribution >= 4 is 47.3 Å². The maximum Gasteiger partial charge on any atom is 0.248 e. The molecular formula is C43H72N8O9. The second-order valence-electron chi connectivity index (χ2n) is 18.1. The molecule has 0 aromatic heterocycles. The zero-order chi connectivity index (χ0) is 44.6. The summed E-state index contributed by atoms with van der Waals surface area (Å²) >= 11 is 0. The van der Waals surface area contributed by atoms with Crippen molar-refractivity contribution < 1.29 is 43.5 Å². The number of aliphatic hydroxyl groups is 1. The highest BCUT2D eigenvalue weighted by Crippen LogP contribution is 2.28. The number of nitrogens with zero attached hydrogens (tertiary/aromatic N) is 3. The molecule has 4 aliphatic heterocycles. The van der Waals surface area contributed by atoms with E-state index in [0.717, 1.165) is 0 Å². The molecule has 4 rings (SSSR count). The Hall–Kier alpha value is -4.28. The number of carbonyl (C=O) groups excluding carboxylic acids is 8. The molecule has 0 aliphatic carbocycles. The summed E-state index contributed by atoms with van der Waals surface area (Å²) in [6, 6.07) is -8.54. The van der Waals surface area contributed by atoms with E-state index in [1.165, 1.54) is 21.6 Å². The molecule has 6 N–H and O–H groups in total. The first-order valence-corrected chi connectivity index (χ1v) is 22.5. The lowest BCUT2D eigenvalue weighted by Gasteiger charge is -2.35. The smallest absolute Gasteiger partial charge is 0.248 e. The van der Waals surface area contributed by atoms with E-state index in [9.17, 15) is 43.5 Å². The van der Waals surface area contributed by atoms with Gasteiger partial charge in [-0.15, -0.1) is 0 Å². The van der Waals surface area contributed by atoms with Crippen LogP contribution in [0.5, 0.6) is 0 Å². The van der Waals surface area contributed by atoms with Gasteiger partial charge in [-0.25, -0.2) is 0 Å². The van der Waals surface area contributed by atoms with Gasteiger partial charge in [-0.1, -0.05) is 74.7 Å². The minimum atomic E-state index is -1.43. The standard InChI is InChI=1S/C43H72N8O9/c1-10-24(6)32-38(55)44-28(22-23(4)5)41(58)51-21-15-18-31(51)42(59)49-19-13-16-29(49)37(54)48-35(27(9)52)43(60)50-20-14-17-30(50)36(53)45-33(25(7)11-2)39(56)47-34(26(8)12-3)40(57)46-32/h23-35,52H,10-22H2,1-9H3,(H,44,55)(H,45,53)(H,46,57)(H,47,56)(H,48,54)/t24-,25-,26-,27-,28-,29-,30-,31-,32-,33-,34-,35-/m0/s1. The quantitative estimate of drug-likeness (QED) is 0.194. The highest BCUT2D eigenvalue weighted by Gasteiger charge is 2.46. The van der Waals surface area contributed by atoms with Crippen LogP contribution in [0, 0.1) is 23.7 Å². The Labute approximate surface area is 355 Å². The summed E-state index contributed by atoms with van der Waals surface area (Å²) in [5.41, 5.74) is 0. The van der Waals surface area contributed by atoms with Gasteiger partial charge < -0.3 is 46.4 Å². The average molecular weight is 845 g/mol. The Morgan fingerprint density at radius 2 is 0.833 bits per heavy atom. The molecular weight excluding hydrogens is 773 g/mol. The van der Waals surface area contributed by atoms with Gasteiger partial charge in [0.05, 0.1) is 6.10 Å². The third kappa shape index (κ3) is 11.1. The molecule has 8 amide bonds. The molecule has 17 heteroatoms. The molecule has 338 valence electrons. The number of carbonyl (C=O) groups is 8. The average Bonchev–Trinajstić information content (AvgIpc) is 4.02. The summed E-state index contributed by atoms with van der Waals surface area (Å²) < 4.78 is 0. The predicted molar refractivity (Wildman–Crippen MR) is 223 cm³/mol. The van der Waals surface area contributed by atoms with E-state index in [0.29, 0.717) is 51.4 Å². The van der Waals surface area contributed by atoms with E-state index in [1.807, 2.05) is 48.5 Å². The molecule has 0 unspecified atom stereocenters. The number of rotatable bonds is 9. The maximum absolute atomic E-state index is 14.4. The molecule has 12 atom stereocenters. The molecule has 0 aromatic rings. The fourth-order valence-corrected chi connectivity index (χ4v) is 8.90. The van der Waals surface area contributed by atoms with Crippen LogP contribution in [-0.4, -0.2) is 141 Å². The zero-order valence-corrected chi connectivity index (χ0v) is 37.3. The Morgan fingerprint density at radius 3 is 1.23 bits per heavy atom. The second kappa shape index (κ2) is 21.5. The fourth-order valence-electron chi connectivity index (χ4n) is 8.90. The van der Waals surface area contributed by atoms with Gasteiger partial charge >= 0.3 is 0 Å². The third-order valence-corrected chi connectivity index (χ3v) is 13.2. The van der Waals surface area contributed by atoms with Crippen LogP contribution in [0.2, 0.25) is 0 Å². The molecule has 0 radical (unpaired) electrons. The van der Waals surface area contributed by atoms with Crippen LogP contribution < -0.4 is 26.6 Å². The number of nitrogens with one attached hydrogen (secondary N) is 5. The SMILES string of the molecule is CC[C@H](C)[C@@H]1NC(=O)[C@H]([C@@H](C)CC)NC(=O)[C@H]([C@@H](C)CC)NC(=O)[C@@H]2CCCN2C(=O)[C@H]([C@H](C)O)NC(=O)[C@@H]2CCCN2C(=O)[C@@H]2CCCN2C(=O)[C@H](CC(C)C)NC1=O. The van der Waals surface area contributed by atoms with Gasteiger partial charge in [-0.05, 0) is 75.5 Å². The van der Waals surface area contributed by atoms with Gasteiger partial charge in [0.15, 0.2) is 0 Å². The van der Waals surface area contributed by atoms with Crippen molar-refractivity contribution in [3.63, 3.8) is 0 Å². The lowest BCUT2D eigenvalue weighted by atomic mass is 9.93. The number of hydrogen-bond donors (Lipinski definition) is 6. The van der Waals surface area contributed by atoms with Crippen LogP contribution in [0.3, 0.4) is 0 Å². The zero-order valence-electron chi connectivity index (χ0n) is 37.3. The number of amides is 8. The van der Waals surface area contributed by atoms with Crippen molar-refractivity contribution in [2.45, 2.75) is 181 Å². The normalized spacial score (nSPS) is 31.6. The van der Waals surface area contributed by atoms with Crippen LogP contribution in [-0.2, 0) is 38.4 Å². The molecule has 0 saturated carbocycles. The second-order valence-corrected chi connectivity index (χ2v) is 18.1. The summed E-state index contributed by atoms with van der Waals surface area (Å²) in [5.74, 6) is -5.62. The van der Waals surface area contributed by atoms with Crippen LogP contribution >= 0.6 is 0 Å². The van der Waals surface area contributed by atoms with E-state index in [2.05, 4.69) is 26.6 Å². The van der Waals surface area contributed by atoms with Crippen molar-refractivity contribution in [2.24, 2.45) is 23.7 Å². The van der Waals surface area contributed by atoms with Gasteiger partial charge in [0.2, 0.25) is 47.3 Å². The van der Waals surface area contributed by atoms with Gasteiger partial charge in [-0.3, -0.25) is 38.4 Å².